The molecule has 4 aromatic rings. The summed E-state index contributed by atoms with van der Waals surface area (Å²) in [5.41, 5.74) is 3.51. The first kappa shape index (κ1) is 16.9. The van der Waals surface area contributed by atoms with Gasteiger partial charge in [-0.2, -0.15) is 4.98 Å². The zero-order valence-electron chi connectivity index (χ0n) is 15.0. The summed E-state index contributed by atoms with van der Waals surface area (Å²) < 4.78 is 7.44. The van der Waals surface area contributed by atoms with Crippen molar-refractivity contribution >= 4 is 34.2 Å². The Morgan fingerprint density at radius 3 is 2.96 bits per heavy atom. The summed E-state index contributed by atoms with van der Waals surface area (Å²) in [6.07, 6.45) is 2.10. The van der Waals surface area contributed by atoms with E-state index < -0.39 is 0 Å². The van der Waals surface area contributed by atoms with E-state index in [9.17, 15) is 4.79 Å². The highest BCUT2D eigenvalue weighted by Gasteiger charge is 2.35. The number of anilines is 1. The molecule has 0 N–H and O–H groups in total. The van der Waals surface area contributed by atoms with E-state index in [1.165, 1.54) is 0 Å². The molecule has 0 saturated carbocycles. The van der Waals surface area contributed by atoms with Crippen LogP contribution in [0.5, 0.6) is 0 Å². The predicted octanol–water partition coefficient (Wildman–Crippen LogP) is 3.80. The van der Waals surface area contributed by atoms with Gasteiger partial charge >= 0.3 is 0 Å². The van der Waals surface area contributed by atoms with Crippen molar-refractivity contribution < 1.29 is 9.32 Å². The van der Waals surface area contributed by atoms with E-state index in [2.05, 4.69) is 15.1 Å². The zero-order valence-corrected chi connectivity index (χ0v) is 15.8. The van der Waals surface area contributed by atoms with E-state index in [-0.39, 0.29) is 11.8 Å². The predicted molar refractivity (Wildman–Crippen MR) is 105 cm³/mol. The molecule has 7 nitrogen and oxygen atoms in total. The van der Waals surface area contributed by atoms with Gasteiger partial charge < -0.3 is 14.0 Å². The van der Waals surface area contributed by atoms with Crippen LogP contribution in [0.2, 0.25) is 5.02 Å². The first-order chi connectivity index (χ1) is 13.6. The highest BCUT2D eigenvalue weighted by Crippen LogP contribution is 2.33. The van der Waals surface area contributed by atoms with Gasteiger partial charge in [0.15, 0.2) is 0 Å². The molecule has 1 saturated heterocycles. The molecule has 0 aliphatic carbocycles. The monoisotopic (exact) mass is 393 g/mol. The van der Waals surface area contributed by atoms with Crippen LogP contribution in [0.15, 0.2) is 53.3 Å². The minimum Gasteiger partial charge on any atom is -0.339 e. The van der Waals surface area contributed by atoms with Gasteiger partial charge in [0, 0.05) is 36.3 Å². The summed E-state index contributed by atoms with van der Waals surface area (Å²) in [6.45, 7) is 0.486. The molecule has 1 aliphatic heterocycles. The van der Waals surface area contributed by atoms with Crippen molar-refractivity contribution in [2.24, 2.45) is 7.05 Å². The number of aromatic nitrogens is 4. The number of hydrogen-bond acceptors (Lipinski definition) is 5. The smallest absolute Gasteiger partial charge is 0.232 e. The Hall–Kier alpha value is -3.19. The molecule has 0 bridgehead atoms. The van der Waals surface area contributed by atoms with Crippen LogP contribution in [0.4, 0.5) is 5.69 Å². The van der Waals surface area contributed by atoms with E-state index in [1.54, 1.807) is 23.4 Å². The van der Waals surface area contributed by atoms with Crippen LogP contribution in [0.3, 0.4) is 0 Å². The number of benzene rings is 2. The zero-order chi connectivity index (χ0) is 19.3. The first-order valence-corrected chi connectivity index (χ1v) is 9.27. The molecule has 28 heavy (non-hydrogen) atoms. The van der Waals surface area contributed by atoms with Gasteiger partial charge in [-0.1, -0.05) is 22.8 Å². The third-order valence-electron chi connectivity index (χ3n) is 5.02. The second kappa shape index (κ2) is 6.45. The number of fused-ring (bicyclic) bond motifs is 1. The molecule has 140 valence electrons. The lowest BCUT2D eigenvalue weighted by Crippen LogP contribution is -2.24. The summed E-state index contributed by atoms with van der Waals surface area (Å²) in [6, 6.07) is 13.1. The minimum atomic E-state index is -0.147. The third kappa shape index (κ3) is 2.84. The van der Waals surface area contributed by atoms with E-state index in [0.29, 0.717) is 29.7 Å². The fourth-order valence-corrected chi connectivity index (χ4v) is 3.74. The molecule has 2 aromatic carbocycles. The van der Waals surface area contributed by atoms with Gasteiger partial charge in [0.25, 0.3) is 0 Å². The van der Waals surface area contributed by atoms with E-state index in [0.717, 1.165) is 22.3 Å². The van der Waals surface area contributed by atoms with Crippen molar-refractivity contribution in [1.29, 1.82) is 0 Å². The Balaban J connectivity index is 1.40. The summed E-state index contributed by atoms with van der Waals surface area (Å²) in [7, 11) is 1.95. The van der Waals surface area contributed by atoms with Crippen molar-refractivity contribution in [2.75, 3.05) is 11.4 Å². The quantitative estimate of drug-likeness (QED) is 0.529. The van der Waals surface area contributed by atoms with Crippen LogP contribution < -0.4 is 4.90 Å². The van der Waals surface area contributed by atoms with Crippen LogP contribution in [-0.4, -0.2) is 32.1 Å². The van der Waals surface area contributed by atoms with Crippen molar-refractivity contribution in [3.8, 4) is 11.4 Å². The largest absolute Gasteiger partial charge is 0.339 e. The van der Waals surface area contributed by atoms with E-state index in [1.807, 2.05) is 41.9 Å². The van der Waals surface area contributed by atoms with Crippen LogP contribution in [-0.2, 0) is 11.8 Å². The molecular formula is C20H16ClN5O2. The maximum Gasteiger partial charge on any atom is 0.232 e. The molecule has 0 radical (unpaired) electrons. The summed E-state index contributed by atoms with van der Waals surface area (Å²) >= 11 is 6.05. The molecule has 3 heterocycles. The van der Waals surface area contributed by atoms with Crippen LogP contribution in [0, 0.1) is 0 Å². The number of rotatable bonds is 3. The molecule has 0 spiro atoms. The number of hydrogen-bond donors (Lipinski definition) is 0. The number of carbonyl (C=O) groups is 1. The summed E-state index contributed by atoms with van der Waals surface area (Å²) in [4.78, 5) is 23.1. The third-order valence-corrected chi connectivity index (χ3v) is 5.25. The molecule has 0 unspecified atom stereocenters. The van der Waals surface area contributed by atoms with E-state index >= 15 is 0 Å². The number of halogens is 1. The lowest BCUT2D eigenvalue weighted by atomic mass is 10.1. The van der Waals surface area contributed by atoms with Gasteiger partial charge in [-0.3, -0.25) is 4.79 Å². The van der Waals surface area contributed by atoms with Gasteiger partial charge in [-0.15, -0.1) is 0 Å². The van der Waals surface area contributed by atoms with Crippen molar-refractivity contribution in [2.45, 2.75) is 12.3 Å². The van der Waals surface area contributed by atoms with Crippen LogP contribution in [0.25, 0.3) is 22.4 Å². The Kier molecular flexibility index (Phi) is 3.91. The second-order valence-electron chi connectivity index (χ2n) is 6.90. The molecule has 1 amide bonds. The lowest BCUT2D eigenvalue weighted by Gasteiger charge is -2.16. The Morgan fingerprint density at radius 1 is 1.21 bits per heavy atom. The molecule has 1 fully saturated rings. The average molecular weight is 394 g/mol. The molecule has 1 atom stereocenters. The molecule has 8 heteroatoms. The first-order valence-electron chi connectivity index (χ1n) is 8.89. The number of nitrogens with zero attached hydrogens (tertiary/aromatic N) is 5. The van der Waals surface area contributed by atoms with E-state index in [4.69, 9.17) is 16.1 Å². The highest BCUT2D eigenvalue weighted by molar-refractivity contribution is 6.30. The topological polar surface area (TPSA) is 77.0 Å². The molecule has 5 rings (SSSR count). The molecular weight excluding hydrogens is 378 g/mol. The number of amides is 1. The Labute approximate surface area is 165 Å². The SMILES string of the molecule is Cn1cnc2cc(-c3noc([C@@H]4CC(=O)N(c5cccc(Cl)c5)C4)n3)ccc21. The second-order valence-corrected chi connectivity index (χ2v) is 7.34. The van der Waals surface area contributed by atoms with Crippen LogP contribution in [0.1, 0.15) is 18.2 Å². The average Bonchev–Trinajstić information content (AvgIpc) is 3.40. The number of imidazole rings is 1. The van der Waals surface area contributed by atoms with Crippen LogP contribution >= 0.6 is 11.6 Å². The van der Waals surface area contributed by atoms with Crippen molar-refractivity contribution in [1.82, 2.24) is 19.7 Å². The highest BCUT2D eigenvalue weighted by atomic mass is 35.5. The molecule has 1 aliphatic rings. The minimum absolute atomic E-state index is 0.0157. The van der Waals surface area contributed by atoms with Crippen molar-refractivity contribution in [3.63, 3.8) is 0 Å². The van der Waals surface area contributed by atoms with Gasteiger partial charge in [-0.05, 0) is 36.4 Å². The van der Waals surface area contributed by atoms with Gasteiger partial charge in [0.05, 0.1) is 23.3 Å². The maximum atomic E-state index is 12.5. The maximum absolute atomic E-state index is 12.5. The normalized spacial score (nSPS) is 17.0. The van der Waals surface area contributed by atoms with Gasteiger partial charge in [-0.25, -0.2) is 4.98 Å². The van der Waals surface area contributed by atoms with Crippen molar-refractivity contribution in [3.05, 3.63) is 59.7 Å². The van der Waals surface area contributed by atoms with Gasteiger partial charge in [0.2, 0.25) is 17.6 Å². The fraction of sp³-hybridized carbons (Fsp3) is 0.200. The van der Waals surface area contributed by atoms with Gasteiger partial charge in [0.1, 0.15) is 0 Å². The Bertz CT molecular complexity index is 1200. The lowest BCUT2D eigenvalue weighted by molar-refractivity contribution is -0.117. The Morgan fingerprint density at radius 2 is 2.11 bits per heavy atom. The fourth-order valence-electron chi connectivity index (χ4n) is 3.56. The number of aryl methyl sites for hydroxylation is 1. The standard InChI is InChI=1S/C20H16ClN5O2/c1-25-11-22-16-7-12(5-6-17(16)25)19-23-20(28-24-19)13-8-18(27)26(10-13)15-4-2-3-14(21)9-15/h2-7,9,11,13H,8,10H2,1H3/t13-/m1/s1. The number of carbonyl (C=O) groups excluding carboxylic acids is 1. The summed E-state index contributed by atoms with van der Waals surface area (Å²) in [5.74, 6) is 0.832. The summed E-state index contributed by atoms with van der Waals surface area (Å²) in [5, 5.41) is 4.71. The molecule has 2 aromatic heterocycles.